The van der Waals surface area contributed by atoms with E-state index in [-0.39, 0.29) is 28.4 Å². The third-order valence-electron chi connectivity index (χ3n) is 2.63. The van der Waals surface area contributed by atoms with E-state index in [2.05, 4.69) is 9.47 Å². The standard InChI is InChI=1S/C13H16O7/c1-16-7-6-8(17-2)11(18-3)10(13(15)20-5)9(7)12(14)19-4/h6H,1-5H3. The molecule has 1 aromatic rings. The van der Waals surface area contributed by atoms with Crippen molar-refractivity contribution >= 4 is 11.9 Å². The van der Waals surface area contributed by atoms with Gasteiger partial charge in [0.05, 0.1) is 35.5 Å². The van der Waals surface area contributed by atoms with E-state index >= 15 is 0 Å². The molecule has 0 atom stereocenters. The zero-order valence-corrected chi connectivity index (χ0v) is 11.9. The summed E-state index contributed by atoms with van der Waals surface area (Å²) in [6, 6.07) is 1.43. The van der Waals surface area contributed by atoms with Crippen LogP contribution in [0.1, 0.15) is 20.7 Å². The van der Waals surface area contributed by atoms with Gasteiger partial charge in [-0.05, 0) is 0 Å². The Morgan fingerprint density at radius 2 is 1.25 bits per heavy atom. The van der Waals surface area contributed by atoms with Crippen molar-refractivity contribution in [1.82, 2.24) is 0 Å². The summed E-state index contributed by atoms with van der Waals surface area (Å²) in [6.45, 7) is 0. The van der Waals surface area contributed by atoms with Gasteiger partial charge in [-0.2, -0.15) is 0 Å². The number of benzene rings is 1. The van der Waals surface area contributed by atoms with Gasteiger partial charge in [0.2, 0.25) is 0 Å². The van der Waals surface area contributed by atoms with Crippen molar-refractivity contribution in [2.45, 2.75) is 0 Å². The fourth-order valence-electron chi connectivity index (χ4n) is 1.73. The molecule has 0 aliphatic rings. The van der Waals surface area contributed by atoms with Crippen LogP contribution in [0.2, 0.25) is 0 Å². The van der Waals surface area contributed by atoms with E-state index in [1.165, 1.54) is 41.6 Å². The average Bonchev–Trinajstić information content (AvgIpc) is 2.50. The Labute approximate surface area is 116 Å². The lowest BCUT2D eigenvalue weighted by atomic mass is 10.0. The van der Waals surface area contributed by atoms with Gasteiger partial charge in [0.15, 0.2) is 11.5 Å². The van der Waals surface area contributed by atoms with E-state index in [0.29, 0.717) is 0 Å². The topological polar surface area (TPSA) is 80.3 Å². The summed E-state index contributed by atoms with van der Waals surface area (Å²) in [7, 11) is 6.48. The quantitative estimate of drug-likeness (QED) is 0.753. The molecule has 7 heteroatoms. The maximum atomic E-state index is 11.9. The average molecular weight is 284 g/mol. The number of rotatable bonds is 5. The zero-order valence-electron chi connectivity index (χ0n) is 11.9. The number of hydrogen-bond acceptors (Lipinski definition) is 7. The predicted octanol–water partition coefficient (Wildman–Crippen LogP) is 1.29. The summed E-state index contributed by atoms with van der Waals surface area (Å²) < 4.78 is 24.7. The molecule has 20 heavy (non-hydrogen) atoms. The van der Waals surface area contributed by atoms with Gasteiger partial charge in [0, 0.05) is 6.07 Å². The fourth-order valence-corrected chi connectivity index (χ4v) is 1.73. The molecule has 0 heterocycles. The van der Waals surface area contributed by atoms with Crippen molar-refractivity contribution in [1.29, 1.82) is 0 Å². The van der Waals surface area contributed by atoms with Gasteiger partial charge in [-0.3, -0.25) is 0 Å². The first-order chi connectivity index (χ1) is 9.55. The van der Waals surface area contributed by atoms with Crippen LogP contribution >= 0.6 is 0 Å². The minimum absolute atomic E-state index is 0.0700. The fraction of sp³-hybridized carbons (Fsp3) is 0.385. The number of carbonyl (C=O) groups is 2. The molecule has 0 radical (unpaired) electrons. The van der Waals surface area contributed by atoms with Gasteiger partial charge in [-0.15, -0.1) is 0 Å². The van der Waals surface area contributed by atoms with Crippen LogP contribution in [0.3, 0.4) is 0 Å². The van der Waals surface area contributed by atoms with Crippen LogP contribution in [0.4, 0.5) is 0 Å². The van der Waals surface area contributed by atoms with Crippen LogP contribution in [0.15, 0.2) is 6.07 Å². The minimum Gasteiger partial charge on any atom is -0.496 e. The van der Waals surface area contributed by atoms with Crippen molar-refractivity contribution in [2.24, 2.45) is 0 Å². The van der Waals surface area contributed by atoms with Crippen molar-refractivity contribution in [3.63, 3.8) is 0 Å². The van der Waals surface area contributed by atoms with Gasteiger partial charge < -0.3 is 23.7 Å². The number of hydrogen-bond donors (Lipinski definition) is 0. The Morgan fingerprint density at radius 3 is 1.65 bits per heavy atom. The van der Waals surface area contributed by atoms with E-state index in [4.69, 9.17) is 14.2 Å². The Morgan fingerprint density at radius 1 is 0.750 bits per heavy atom. The minimum atomic E-state index is -0.764. The summed E-state index contributed by atoms with van der Waals surface area (Å²) in [5, 5.41) is 0. The van der Waals surface area contributed by atoms with Gasteiger partial charge in [-0.1, -0.05) is 0 Å². The van der Waals surface area contributed by atoms with Crippen molar-refractivity contribution in [3.8, 4) is 17.2 Å². The van der Waals surface area contributed by atoms with Crippen molar-refractivity contribution in [3.05, 3.63) is 17.2 Å². The lowest BCUT2D eigenvalue weighted by Crippen LogP contribution is -2.15. The number of methoxy groups -OCH3 is 5. The summed E-state index contributed by atoms with van der Waals surface area (Å²) >= 11 is 0. The van der Waals surface area contributed by atoms with Crippen LogP contribution in [-0.4, -0.2) is 47.5 Å². The third-order valence-corrected chi connectivity index (χ3v) is 2.63. The van der Waals surface area contributed by atoms with Crippen LogP contribution in [-0.2, 0) is 9.47 Å². The van der Waals surface area contributed by atoms with E-state index in [1.54, 1.807) is 0 Å². The SMILES string of the molecule is COC(=O)c1c(OC)cc(OC)c(OC)c1C(=O)OC. The highest BCUT2D eigenvalue weighted by molar-refractivity contribution is 6.07. The first kappa shape index (κ1) is 15.6. The molecule has 0 bridgehead atoms. The third kappa shape index (κ3) is 2.61. The maximum absolute atomic E-state index is 11.9. The number of ether oxygens (including phenoxy) is 5. The van der Waals surface area contributed by atoms with Gasteiger partial charge >= 0.3 is 11.9 Å². The van der Waals surface area contributed by atoms with Crippen LogP contribution in [0.25, 0.3) is 0 Å². The molecule has 0 N–H and O–H groups in total. The summed E-state index contributed by atoms with van der Waals surface area (Å²) in [4.78, 5) is 23.8. The molecule has 0 amide bonds. The molecule has 7 nitrogen and oxygen atoms in total. The molecule has 1 aromatic carbocycles. The summed E-state index contributed by atoms with van der Waals surface area (Å²) in [5.41, 5.74) is -0.197. The van der Waals surface area contributed by atoms with Crippen molar-refractivity contribution < 1.29 is 33.3 Å². The van der Waals surface area contributed by atoms with E-state index in [1.807, 2.05) is 0 Å². The van der Waals surface area contributed by atoms with E-state index in [9.17, 15) is 9.59 Å². The first-order valence-electron chi connectivity index (χ1n) is 5.55. The molecule has 0 saturated heterocycles. The smallest absolute Gasteiger partial charge is 0.342 e. The second kappa shape index (κ2) is 6.65. The largest absolute Gasteiger partial charge is 0.496 e. The Bertz CT molecular complexity index is 522. The second-order valence-corrected chi connectivity index (χ2v) is 3.55. The Hall–Kier alpha value is -2.44. The molecule has 0 saturated carbocycles. The van der Waals surface area contributed by atoms with E-state index < -0.39 is 11.9 Å². The lowest BCUT2D eigenvalue weighted by molar-refractivity contribution is 0.0548. The molecule has 0 aliphatic carbocycles. The molecule has 110 valence electrons. The second-order valence-electron chi connectivity index (χ2n) is 3.55. The van der Waals surface area contributed by atoms with Crippen molar-refractivity contribution in [2.75, 3.05) is 35.5 Å². The Kier molecular flexibility index (Phi) is 5.19. The molecule has 0 aliphatic heterocycles. The molecule has 0 fully saturated rings. The lowest BCUT2D eigenvalue weighted by Gasteiger charge is -2.17. The normalized spacial score (nSPS) is 9.65. The predicted molar refractivity (Wildman–Crippen MR) is 68.8 cm³/mol. The highest BCUT2D eigenvalue weighted by Crippen LogP contribution is 2.40. The maximum Gasteiger partial charge on any atom is 0.342 e. The monoisotopic (exact) mass is 284 g/mol. The molecule has 0 aromatic heterocycles. The van der Waals surface area contributed by atoms with Gasteiger partial charge in [0.25, 0.3) is 0 Å². The Balaban J connectivity index is 3.77. The molecule has 0 spiro atoms. The number of esters is 2. The van der Waals surface area contributed by atoms with Crippen LogP contribution < -0.4 is 14.2 Å². The molecule has 1 rings (SSSR count). The highest BCUT2D eigenvalue weighted by atomic mass is 16.5. The molecule has 0 unspecified atom stereocenters. The zero-order chi connectivity index (χ0) is 15.3. The van der Waals surface area contributed by atoms with Gasteiger partial charge in [0.1, 0.15) is 16.9 Å². The summed E-state index contributed by atoms with van der Waals surface area (Å²) in [5.74, 6) is -1.09. The number of carbonyl (C=O) groups excluding carboxylic acids is 2. The molecular weight excluding hydrogens is 268 g/mol. The van der Waals surface area contributed by atoms with Gasteiger partial charge in [-0.25, -0.2) is 9.59 Å². The highest BCUT2D eigenvalue weighted by Gasteiger charge is 2.30. The summed E-state index contributed by atoms with van der Waals surface area (Å²) in [6.07, 6.45) is 0. The van der Waals surface area contributed by atoms with Crippen LogP contribution in [0, 0.1) is 0 Å². The first-order valence-corrected chi connectivity index (χ1v) is 5.55. The van der Waals surface area contributed by atoms with E-state index in [0.717, 1.165) is 0 Å². The molecular formula is C13H16O7. The van der Waals surface area contributed by atoms with Crippen LogP contribution in [0.5, 0.6) is 17.2 Å².